The number of unbranched alkanes of at least 4 members (excludes halogenated alkanes) is 35. The lowest BCUT2D eigenvalue weighted by molar-refractivity contribution is -0.167. The molecule has 6 nitrogen and oxygen atoms in total. The van der Waals surface area contributed by atoms with Crippen LogP contribution >= 0.6 is 0 Å². The molecule has 0 aliphatic rings. The Morgan fingerprint density at radius 1 is 0.263 bits per heavy atom. The number of hydrogen-bond donors (Lipinski definition) is 0. The van der Waals surface area contributed by atoms with Gasteiger partial charge in [-0.1, -0.05) is 317 Å². The summed E-state index contributed by atoms with van der Waals surface area (Å²) < 4.78 is 16.9. The summed E-state index contributed by atoms with van der Waals surface area (Å²) in [4.78, 5) is 38.4. The fourth-order valence-electron chi connectivity index (χ4n) is 9.78. The van der Waals surface area contributed by atoms with Crippen molar-refractivity contribution in [3.63, 3.8) is 0 Å². The number of ether oxygens (including phenoxy) is 3. The molecular weight excluding hydrogens is 985 g/mol. The van der Waals surface area contributed by atoms with Gasteiger partial charge in [0.15, 0.2) is 6.10 Å². The largest absolute Gasteiger partial charge is 0.462 e. The van der Waals surface area contributed by atoms with Crippen LogP contribution in [0.25, 0.3) is 0 Å². The zero-order valence-electron chi connectivity index (χ0n) is 52.8. The molecule has 0 rings (SSSR count). The predicted molar refractivity (Wildman–Crippen MR) is 348 cm³/mol. The van der Waals surface area contributed by atoms with Gasteiger partial charge in [0, 0.05) is 19.3 Å². The first-order chi connectivity index (χ1) is 39.5. The van der Waals surface area contributed by atoms with E-state index in [1.807, 2.05) is 0 Å². The van der Waals surface area contributed by atoms with Crippen molar-refractivity contribution in [2.24, 2.45) is 0 Å². The van der Waals surface area contributed by atoms with Crippen molar-refractivity contribution < 1.29 is 28.6 Å². The molecule has 0 spiro atoms. The van der Waals surface area contributed by atoms with Crippen molar-refractivity contribution in [3.05, 3.63) is 97.2 Å². The van der Waals surface area contributed by atoms with Crippen LogP contribution in [-0.2, 0) is 28.6 Å². The van der Waals surface area contributed by atoms with Crippen LogP contribution in [0.2, 0.25) is 0 Å². The third kappa shape index (κ3) is 65.1. The summed E-state index contributed by atoms with van der Waals surface area (Å²) in [5.41, 5.74) is 0. The fourth-order valence-corrected chi connectivity index (χ4v) is 9.78. The molecule has 1 unspecified atom stereocenters. The molecule has 1 atom stereocenters. The van der Waals surface area contributed by atoms with Crippen LogP contribution in [0.5, 0.6) is 0 Å². The molecule has 0 aromatic rings. The smallest absolute Gasteiger partial charge is 0.306 e. The first-order valence-electron chi connectivity index (χ1n) is 34.2. The van der Waals surface area contributed by atoms with Gasteiger partial charge in [-0.25, -0.2) is 0 Å². The summed E-state index contributed by atoms with van der Waals surface area (Å²) >= 11 is 0. The quantitative estimate of drug-likeness (QED) is 0.0261. The summed E-state index contributed by atoms with van der Waals surface area (Å²) in [5.74, 6) is -0.909. The maximum absolute atomic E-state index is 12.9. The first kappa shape index (κ1) is 76.3. The van der Waals surface area contributed by atoms with Crippen molar-refractivity contribution in [3.8, 4) is 0 Å². The second-order valence-corrected chi connectivity index (χ2v) is 22.7. The Bertz CT molecular complexity index is 1560. The number of hydrogen-bond acceptors (Lipinski definition) is 6. The maximum atomic E-state index is 12.9. The highest BCUT2D eigenvalue weighted by molar-refractivity contribution is 5.71. The van der Waals surface area contributed by atoms with Crippen LogP contribution < -0.4 is 0 Å². The zero-order valence-corrected chi connectivity index (χ0v) is 52.8. The molecule has 0 bridgehead atoms. The minimum Gasteiger partial charge on any atom is -0.462 e. The van der Waals surface area contributed by atoms with Crippen LogP contribution in [0.3, 0.4) is 0 Å². The number of esters is 3. The molecule has 0 amide bonds. The molecular formula is C74H128O6. The third-order valence-corrected chi connectivity index (χ3v) is 14.8. The molecule has 0 saturated carbocycles. The Labute approximate surface area is 496 Å². The van der Waals surface area contributed by atoms with Gasteiger partial charge in [-0.05, 0) is 96.3 Å². The molecule has 0 aromatic heterocycles. The molecule has 0 radical (unpaired) electrons. The number of carbonyl (C=O) groups is 3. The second kappa shape index (κ2) is 67.8. The highest BCUT2D eigenvalue weighted by atomic mass is 16.6. The van der Waals surface area contributed by atoms with Gasteiger partial charge in [-0.2, -0.15) is 0 Å². The van der Waals surface area contributed by atoms with Crippen molar-refractivity contribution >= 4 is 17.9 Å². The average molecular weight is 1110 g/mol. The molecule has 0 aliphatic carbocycles. The Morgan fingerprint density at radius 3 is 0.775 bits per heavy atom. The molecule has 0 N–H and O–H groups in total. The molecule has 80 heavy (non-hydrogen) atoms. The predicted octanol–water partition coefficient (Wildman–Crippen LogP) is 23.6. The summed E-state index contributed by atoms with van der Waals surface area (Å²) in [6.45, 7) is 6.43. The Kier molecular flexibility index (Phi) is 64.7. The van der Waals surface area contributed by atoms with Crippen molar-refractivity contribution in [1.29, 1.82) is 0 Å². The van der Waals surface area contributed by atoms with Crippen LogP contribution in [0.15, 0.2) is 97.2 Å². The van der Waals surface area contributed by atoms with Crippen LogP contribution in [0, 0.1) is 0 Å². The van der Waals surface area contributed by atoms with Crippen molar-refractivity contribution in [2.45, 2.75) is 341 Å². The van der Waals surface area contributed by atoms with E-state index in [4.69, 9.17) is 14.2 Å². The summed E-state index contributed by atoms with van der Waals surface area (Å²) in [7, 11) is 0. The first-order valence-corrected chi connectivity index (χ1v) is 34.2. The van der Waals surface area contributed by atoms with E-state index in [2.05, 4.69) is 118 Å². The van der Waals surface area contributed by atoms with E-state index in [9.17, 15) is 14.4 Å². The molecule has 0 aliphatic heterocycles. The number of allylic oxidation sites excluding steroid dienone is 16. The standard InChI is InChI=1S/C74H128O6/c1-4-7-10-13-16-19-22-25-27-29-31-33-35-37-39-40-42-44-46-49-52-55-58-61-64-67-73(76)79-70-71(69-78-72(75)66-63-60-57-54-51-48-24-21-18-15-12-9-6-3)80-74(77)68-65-62-59-56-53-50-47-45-43-41-38-36-34-32-30-28-26-23-20-17-14-11-8-5-2/h7,9-10,12,16,18-19,21,25,27,31,33,37,39,48,51,71H,4-6,8,11,13-15,17,20,22-24,26,28-30,32,34-36,38,40-47,49-50,52-70H2,1-3H3/b10-7-,12-9-,19-16-,21-18-,27-25-,33-31-,39-37-,51-48-. The van der Waals surface area contributed by atoms with Crippen LogP contribution in [-0.4, -0.2) is 37.2 Å². The number of carbonyl (C=O) groups excluding carboxylic acids is 3. The maximum Gasteiger partial charge on any atom is 0.306 e. The van der Waals surface area contributed by atoms with Crippen molar-refractivity contribution in [2.75, 3.05) is 13.2 Å². The van der Waals surface area contributed by atoms with E-state index in [-0.39, 0.29) is 31.1 Å². The average Bonchev–Trinajstić information content (AvgIpc) is 3.46. The summed E-state index contributed by atoms with van der Waals surface area (Å²) in [5, 5.41) is 0. The minimum atomic E-state index is -0.793. The lowest BCUT2D eigenvalue weighted by Crippen LogP contribution is -2.30. The summed E-state index contributed by atoms with van der Waals surface area (Å²) in [6.07, 6.45) is 91.5. The van der Waals surface area contributed by atoms with Gasteiger partial charge in [0.1, 0.15) is 13.2 Å². The van der Waals surface area contributed by atoms with E-state index in [1.54, 1.807) is 0 Å². The third-order valence-electron chi connectivity index (χ3n) is 14.8. The lowest BCUT2D eigenvalue weighted by Gasteiger charge is -2.18. The summed E-state index contributed by atoms with van der Waals surface area (Å²) in [6, 6.07) is 0. The van der Waals surface area contributed by atoms with Gasteiger partial charge in [-0.15, -0.1) is 0 Å². The van der Waals surface area contributed by atoms with Crippen LogP contribution in [0.4, 0.5) is 0 Å². The molecule has 0 fully saturated rings. The van der Waals surface area contributed by atoms with Gasteiger partial charge >= 0.3 is 17.9 Å². The lowest BCUT2D eigenvalue weighted by atomic mass is 10.0. The van der Waals surface area contributed by atoms with Gasteiger partial charge < -0.3 is 14.2 Å². The van der Waals surface area contributed by atoms with E-state index in [0.29, 0.717) is 19.3 Å². The highest BCUT2D eigenvalue weighted by Gasteiger charge is 2.19. The molecule has 0 heterocycles. The Hall–Kier alpha value is -3.67. The zero-order chi connectivity index (χ0) is 57.8. The fraction of sp³-hybridized carbons (Fsp3) is 0.743. The monoisotopic (exact) mass is 1110 g/mol. The Balaban J connectivity index is 4.30. The number of rotatable bonds is 62. The minimum absolute atomic E-state index is 0.0880. The topological polar surface area (TPSA) is 78.9 Å². The molecule has 0 aromatic carbocycles. The van der Waals surface area contributed by atoms with Gasteiger partial charge in [-0.3, -0.25) is 14.4 Å². The SMILES string of the molecule is CC/C=C\C/C=C\C/C=C\C/C=C\C/C=C\CCCCCCCCCCCC(=O)OCC(COC(=O)CCCCC/C=C\C/C=C\C/C=C\CC)OC(=O)CCCCCCCCCCCCCCCCCCCCCCCCCC. The normalized spacial score (nSPS) is 12.7. The Morgan fingerprint density at radius 2 is 0.487 bits per heavy atom. The van der Waals surface area contributed by atoms with Crippen LogP contribution in [0.1, 0.15) is 335 Å². The van der Waals surface area contributed by atoms with E-state index in [1.165, 1.54) is 173 Å². The molecule has 6 heteroatoms. The molecule has 0 saturated heterocycles. The van der Waals surface area contributed by atoms with Gasteiger partial charge in [0.25, 0.3) is 0 Å². The van der Waals surface area contributed by atoms with E-state index in [0.717, 1.165) is 122 Å². The van der Waals surface area contributed by atoms with Gasteiger partial charge in [0.2, 0.25) is 0 Å². The second-order valence-electron chi connectivity index (χ2n) is 22.7. The highest BCUT2D eigenvalue weighted by Crippen LogP contribution is 2.18. The van der Waals surface area contributed by atoms with E-state index < -0.39 is 6.10 Å². The van der Waals surface area contributed by atoms with E-state index >= 15 is 0 Å². The van der Waals surface area contributed by atoms with Gasteiger partial charge in [0.05, 0.1) is 0 Å². The van der Waals surface area contributed by atoms with Crippen molar-refractivity contribution in [1.82, 2.24) is 0 Å². The molecule has 460 valence electrons.